The predicted octanol–water partition coefficient (Wildman–Crippen LogP) is 4.62. The van der Waals surface area contributed by atoms with Crippen LogP contribution in [0.15, 0.2) is 29.4 Å². The number of rotatable bonds is 7. The van der Waals surface area contributed by atoms with Crippen LogP contribution >= 0.6 is 35.6 Å². The van der Waals surface area contributed by atoms with Crippen molar-refractivity contribution < 1.29 is 4.21 Å². The number of aromatic nitrogens is 1. The van der Waals surface area contributed by atoms with Crippen molar-refractivity contribution >= 4 is 63.2 Å². The lowest BCUT2D eigenvalue weighted by molar-refractivity contribution is 0.413. The third kappa shape index (κ3) is 6.85. The lowest BCUT2D eigenvalue weighted by Crippen LogP contribution is -2.46. The lowest BCUT2D eigenvalue weighted by atomic mass is 9.95. The monoisotopic (exact) mass is 550 g/mol. The highest BCUT2D eigenvalue weighted by Crippen LogP contribution is 2.24. The van der Waals surface area contributed by atoms with Crippen molar-refractivity contribution in [2.75, 3.05) is 18.8 Å². The summed E-state index contributed by atoms with van der Waals surface area (Å²) in [5.74, 6) is 1.61. The molecule has 1 fully saturated rings. The van der Waals surface area contributed by atoms with E-state index >= 15 is 0 Å². The van der Waals surface area contributed by atoms with E-state index in [0.29, 0.717) is 17.8 Å². The number of hydrogen-bond donors (Lipinski definition) is 3. The quantitative estimate of drug-likeness (QED) is 0.268. The largest absolute Gasteiger partial charge is 0.361 e. The van der Waals surface area contributed by atoms with Gasteiger partial charge in [-0.25, -0.2) is 0 Å². The molecule has 1 aromatic heterocycles. The van der Waals surface area contributed by atoms with Gasteiger partial charge in [0.05, 0.1) is 0 Å². The van der Waals surface area contributed by atoms with Crippen molar-refractivity contribution in [3.05, 3.63) is 35.0 Å². The van der Waals surface area contributed by atoms with Crippen molar-refractivity contribution in [3.63, 3.8) is 0 Å². The second-order valence-corrected chi connectivity index (χ2v) is 9.76. The van der Waals surface area contributed by atoms with Crippen LogP contribution < -0.4 is 10.6 Å². The summed E-state index contributed by atoms with van der Waals surface area (Å²) in [6.45, 7) is 5.61. The molecule has 0 amide bonds. The fourth-order valence-corrected chi connectivity index (χ4v) is 5.43. The van der Waals surface area contributed by atoms with Gasteiger partial charge in [0.15, 0.2) is 5.96 Å². The number of fused-ring (bicyclic) bond motifs is 1. The van der Waals surface area contributed by atoms with E-state index in [2.05, 4.69) is 22.5 Å². The van der Waals surface area contributed by atoms with Crippen LogP contribution in [-0.2, 0) is 17.2 Å². The number of nitrogens with zero attached hydrogens (tertiary/aromatic N) is 1. The molecule has 5 nitrogen and oxygen atoms in total. The van der Waals surface area contributed by atoms with E-state index in [4.69, 9.17) is 16.6 Å². The van der Waals surface area contributed by atoms with E-state index in [1.165, 1.54) is 5.56 Å². The molecule has 1 aromatic carbocycles. The van der Waals surface area contributed by atoms with Crippen LogP contribution in [0, 0.1) is 0 Å². The maximum atomic E-state index is 12.2. The molecule has 0 saturated heterocycles. The lowest BCUT2D eigenvalue weighted by Gasteiger charge is -2.30. The van der Waals surface area contributed by atoms with Crippen molar-refractivity contribution in [3.8, 4) is 0 Å². The molecule has 0 aliphatic heterocycles. The SMILES string of the molecule is CCNC(=NCCc1c[nH]c2ccc(Cl)cc12)NC1CCCC(S(=O)CC)C1.I. The molecule has 0 radical (unpaired) electrons. The standard InChI is InChI=1S/C21H31ClN4OS.HI/c1-3-23-21(26-17-6-5-7-18(13-17)28(27)4-2)24-11-10-15-14-25-20-9-8-16(22)12-19(15)20;/h8-9,12,14,17-18,25H,3-7,10-11,13H2,1-2H3,(H2,23,24,26);1H. The highest BCUT2D eigenvalue weighted by Gasteiger charge is 2.26. The molecule has 8 heteroatoms. The molecule has 3 rings (SSSR count). The molecule has 1 saturated carbocycles. The van der Waals surface area contributed by atoms with Crippen LogP contribution in [0.5, 0.6) is 0 Å². The minimum absolute atomic E-state index is 0. The Hall–Kier alpha value is -0.800. The first-order valence-electron chi connectivity index (χ1n) is 10.3. The number of aromatic amines is 1. The van der Waals surface area contributed by atoms with Gasteiger partial charge in [0, 0.05) is 63.1 Å². The normalized spacial score (nSPS) is 20.9. The van der Waals surface area contributed by atoms with Gasteiger partial charge in [-0.2, -0.15) is 0 Å². The maximum Gasteiger partial charge on any atom is 0.191 e. The Morgan fingerprint density at radius 3 is 2.93 bits per heavy atom. The topological polar surface area (TPSA) is 69.3 Å². The van der Waals surface area contributed by atoms with Gasteiger partial charge in [-0.1, -0.05) is 24.9 Å². The molecule has 1 heterocycles. The van der Waals surface area contributed by atoms with Crippen molar-refractivity contribution in [1.29, 1.82) is 0 Å². The Morgan fingerprint density at radius 2 is 2.17 bits per heavy atom. The molecule has 0 bridgehead atoms. The maximum absolute atomic E-state index is 12.2. The van der Waals surface area contributed by atoms with Crippen LogP contribution in [-0.4, -0.2) is 45.3 Å². The zero-order chi connectivity index (χ0) is 19.9. The average Bonchev–Trinajstić information content (AvgIpc) is 3.10. The first-order chi connectivity index (χ1) is 13.6. The molecule has 3 N–H and O–H groups in total. The molecule has 3 atom stereocenters. The number of benzene rings is 1. The third-order valence-electron chi connectivity index (χ3n) is 5.35. The van der Waals surface area contributed by atoms with Gasteiger partial charge in [-0.15, -0.1) is 24.0 Å². The number of guanidine groups is 1. The zero-order valence-electron chi connectivity index (χ0n) is 17.2. The molecule has 2 aromatic rings. The fourth-order valence-electron chi connectivity index (χ4n) is 3.91. The molecule has 1 aliphatic carbocycles. The summed E-state index contributed by atoms with van der Waals surface area (Å²) < 4.78 is 12.2. The summed E-state index contributed by atoms with van der Waals surface area (Å²) in [4.78, 5) is 8.07. The Labute approximate surface area is 198 Å². The molecule has 3 unspecified atom stereocenters. The minimum Gasteiger partial charge on any atom is -0.361 e. The highest BCUT2D eigenvalue weighted by atomic mass is 127. The highest BCUT2D eigenvalue weighted by molar-refractivity contribution is 14.0. The Kier molecular flexibility index (Phi) is 10.3. The van der Waals surface area contributed by atoms with Crippen molar-refractivity contribution in [2.24, 2.45) is 4.99 Å². The summed E-state index contributed by atoms with van der Waals surface area (Å²) in [6.07, 6.45) is 7.18. The van der Waals surface area contributed by atoms with Gasteiger partial charge in [-0.3, -0.25) is 9.20 Å². The first-order valence-corrected chi connectivity index (χ1v) is 12.0. The van der Waals surface area contributed by atoms with E-state index in [9.17, 15) is 4.21 Å². The molecule has 162 valence electrons. The van der Waals surface area contributed by atoms with Crippen LogP contribution in [0.1, 0.15) is 45.1 Å². The Bertz CT molecular complexity index is 841. The predicted molar refractivity (Wildman–Crippen MR) is 136 cm³/mol. The van der Waals surface area contributed by atoms with Gasteiger partial charge in [-0.05, 0) is 56.4 Å². The van der Waals surface area contributed by atoms with Gasteiger partial charge in [0.2, 0.25) is 0 Å². The smallest absolute Gasteiger partial charge is 0.191 e. The van der Waals surface area contributed by atoms with Crippen LogP contribution in [0.3, 0.4) is 0 Å². The summed E-state index contributed by atoms with van der Waals surface area (Å²) in [5, 5.41) is 9.15. The molecular formula is C21H32ClIN4OS. The Balaban J connectivity index is 0.00000300. The molecule has 1 aliphatic rings. The average molecular weight is 551 g/mol. The molecule has 0 spiro atoms. The number of aliphatic imine (C=N–C) groups is 1. The van der Waals surface area contributed by atoms with E-state index in [-0.39, 0.29) is 24.0 Å². The summed E-state index contributed by atoms with van der Waals surface area (Å²) >= 11 is 6.14. The van der Waals surface area contributed by atoms with Crippen LogP contribution in [0.25, 0.3) is 10.9 Å². The first kappa shape index (κ1) is 24.5. The second-order valence-electron chi connectivity index (χ2n) is 7.31. The van der Waals surface area contributed by atoms with Crippen molar-refractivity contribution in [2.45, 2.75) is 57.2 Å². The summed E-state index contributed by atoms with van der Waals surface area (Å²) in [6, 6.07) is 6.26. The summed E-state index contributed by atoms with van der Waals surface area (Å²) in [5.41, 5.74) is 2.33. The van der Waals surface area contributed by atoms with Crippen molar-refractivity contribution in [1.82, 2.24) is 15.6 Å². The van der Waals surface area contributed by atoms with Crippen LogP contribution in [0.4, 0.5) is 0 Å². The zero-order valence-corrected chi connectivity index (χ0v) is 21.1. The Morgan fingerprint density at radius 1 is 1.34 bits per heavy atom. The number of halogens is 2. The summed E-state index contributed by atoms with van der Waals surface area (Å²) in [7, 11) is -0.708. The van der Waals surface area contributed by atoms with E-state index < -0.39 is 10.8 Å². The van der Waals surface area contributed by atoms with E-state index in [0.717, 1.165) is 66.3 Å². The van der Waals surface area contributed by atoms with Gasteiger partial charge in [0.1, 0.15) is 0 Å². The number of hydrogen-bond acceptors (Lipinski definition) is 2. The van der Waals surface area contributed by atoms with E-state index in [1.54, 1.807) is 0 Å². The molecular weight excluding hydrogens is 519 g/mol. The van der Waals surface area contributed by atoms with Crippen LogP contribution in [0.2, 0.25) is 5.02 Å². The van der Waals surface area contributed by atoms with Gasteiger partial charge in [0.25, 0.3) is 0 Å². The van der Waals surface area contributed by atoms with Gasteiger partial charge < -0.3 is 15.6 Å². The third-order valence-corrected chi connectivity index (χ3v) is 7.32. The second kappa shape index (κ2) is 12.2. The number of H-pyrrole nitrogens is 1. The fraction of sp³-hybridized carbons (Fsp3) is 0.571. The van der Waals surface area contributed by atoms with E-state index in [1.807, 2.05) is 31.3 Å². The van der Waals surface area contributed by atoms with Gasteiger partial charge >= 0.3 is 0 Å². The molecule has 29 heavy (non-hydrogen) atoms. The number of nitrogens with one attached hydrogen (secondary N) is 3. The minimum atomic E-state index is -0.708.